The molecule has 42 heavy (non-hydrogen) atoms. The van der Waals surface area contributed by atoms with Crippen molar-refractivity contribution in [1.82, 2.24) is 35.0 Å². The Balaban J connectivity index is 1.17. The molecule has 1 fully saturated rings. The average molecular weight is 572 g/mol. The van der Waals surface area contributed by atoms with Gasteiger partial charge in [-0.05, 0) is 59.0 Å². The second-order valence-corrected chi connectivity index (χ2v) is 11.8. The zero-order chi connectivity index (χ0) is 28.2. The molecule has 1 atom stereocenters. The van der Waals surface area contributed by atoms with E-state index in [2.05, 4.69) is 62.8 Å². The molecule has 1 aromatic carbocycles. The fraction of sp³-hybridized carbons (Fsp3) is 0.152. The number of aromatic nitrogens is 6. The Bertz CT molecular complexity index is 2140. The van der Waals surface area contributed by atoms with Gasteiger partial charge >= 0.3 is 0 Å². The first-order valence-corrected chi connectivity index (χ1v) is 14.7. The first-order chi connectivity index (χ1) is 20.6. The summed E-state index contributed by atoms with van der Waals surface area (Å²) in [6.07, 6.45) is 11.2. The summed E-state index contributed by atoms with van der Waals surface area (Å²) in [5.74, 6) is 1.06. The highest BCUT2D eigenvalue weighted by Gasteiger charge is 2.33. The average Bonchev–Trinajstić information content (AvgIpc) is 3.28. The van der Waals surface area contributed by atoms with E-state index in [9.17, 15) is 4.39 Å². The molecular weight excluding hydrogens is 545 g/mol. The zero-order valence-corrected chi connectivity index (χ0v) is 23.6. The molecule has 0 amide bonds. The quantitative estimate of drug-likeness (QED) is 0.283. The van der Waals surface area contributed by atoms with Crippen molar-refractivity contribution < 1.29 is 4.39 Å². The summed E-state index contributed by atoms with van der Waals surface area (Å²) in [7, 11) is 1.99. The second kappa shape index (κ2) is 9.97. The summed E-state index contributed by atoms with van der Waals surface area (Å²) in [6.45, 7) is 1.54. The van der Waals surface area contributed by atoms with E-state index in [1.165, 1.54) is 17.2 Å². The number of halogens is 1. The Morgan fingerprint density at radius 2 is 1.93 bits per heavy atom. The number of allylic oxidation sites excluding steroid dienone is 2. The number of thiophene rings is 1. The van der Waals surface area contributed by atoms with E-state index >= 15 is 0 Å². The fourth-order valence-corrected chi connectivity index (χ4v) is 6.53. The molecule has 5 heterocycles. The number of nitrogens with one attached hydrogen (secondary N) is 2. The Labute approximate surface area is 244 Å². The van der Waals surface area contributed by atoms with Crippen molar-refractivity contribution in [3.8, 4) is 22.1 Å². The number of rotatable bonds is 7. The zero-order valence-electron chi connectivity index (χ0n) is 22.8. The van der Waals surface area contributed by atoms with Crippen LogP contribution < -0.4 is 15.9 Å². The Morgan fingerprint density at radius 3 is 2.79 bits per heavy atom. The van der Waals surface area contributed by atoms with Gasteiger partial charge in [0.1, 0.15) is 16.9 Å². The highest BCUT2D eigenvalue weighted by molar-refractivity contribution is 7.13. The van der Waals surface area contributed by atoms with Crippen LogP contribution in [0.2, 0.25) is 0 Å². The number of H-pyrrole nitrogens is 1. The van der Waals surface area contributed by atoms with E-state index in [1.54, 1.807) is 12.3 Å². The minimum Gasteiger partial charge on any atom is -0.336 e. The van der Waals surface area contributed by atoms with Gasteiger partial charge in [-0.25, -0.2) is 4.98 Å². The van der Waals surface area contributed by atoms with Gasteiger partial charge in [0.05, 0.1) is 15.7 Å². The van der Waals surface area contributed by atoms with E-state index in [1.807, 2.05) is 36.3 Å². The molecule has 0 bridgehead atoms. The number of nitrogens with zero attached hydrogens (tertiary/aromatic N) is 5. The largest absolute Gasteiger partial charge is 0.336 e. The van der Waals surface area contributed by atoms with Crippen molar-refractivity contribution >= 4 is 39.6 Å². The maximum Gasteiger partial charge on any atom is 0.177 e. The molecule has 5 aromatic heterocycles. The topological polar surface area (TPSA) is 84.3 Å². The number of imidazole rings is 1. The Morgan fingerprint density at radius 1 is 1.05 bits per heavy atom. The van der Waals surface area contributed by atoms with Gasteiger partial charge < -0.3 is 10.3 Å². The van der Waals surface area contributed by atoms with Gasteiger partial charge in [0, 0.05) is 55.4 Å². The monoisotopic (exact) mass is 571 g/mol. The predicted molar refractivity (Wildman–Crippen MR) is 164 cm³/mol. The summed E-state index contributed by atoms with van der Waals surface area (Å²) >= 11 is 1.07. The third kappa shape index (κ3) is 4.47. The molecular formula is C33H26FN7S. The van der Waals surface area contributed by atoms with Gasteiger partial charge in [-0.2, -0.15) is 9.49 Å². The van der Waals surface area contributed by atoms with Gasteiger partial charge in [-0.15, -0.1) is 11.3 Å². The summed E-state index contributed by atoms with van der Waals surface area (Å²) in [5.41, 5.74) is 8.98. The molecule has 2 aliphatic carbocycles. The molecule has 0 radical (unpaired) electrons. The first-order valence-electron chi connectivity index (χ1n) is 13.9. The van der Waals surface area contributed by atoms with E-state index in [0.29, 0.717) is 23.0 Å². The minimum absolute atomic E-state index is 0.245. The molecule has 8 rings (SSSR count). The first kappa shape index (κ1) is 25.0. The normalized spacial score (nSPS) is 15.6. The Hall–Kier alpha value is -4.73. The summed E-state index contributed by atoms with van der Waals surface area (Å²) in [6, 6.07) is 17.7. The number of hydrogen-bond donors (Lipinski definition) is 2. The Kier molecular flexibility index (Phi) is 5.94. The molecule has 7 nitrogen and oxygen atoms in total. The minimum atomic E-state index is -0.245. The summed E-state index contributed by atoms with van der Waals surface area (Å²) < 4.78 is 15.8. The third-order valence-corrected chi connectivity index (χ3v) is 8.74. The number of benzene rings is 1. The van der Waals surface area contributed by atoms with E-state index in [0.717, 1.165) is 74.2 Å². The maximum absolute atomic E-state index is 13.8. The molecule has 206 valence electrons. The van der Waals surface area contributed by atoms with Crippen LogP contribution in [0.1, 0.15) is 23.1 Å². The summed E-state index contributed by atoms with van der Waals surface area (Å²) in [5, 5.41) is 10.4. The lowest BCUT2D eigenvalue weighted by molar-refractivity contribution is 0.657. The van der Waals surface area contributed by atoms with Crippen molar-refractivity contribution in [3.63, 3.8) is 0 Å². The highest BCUT2D eigenvalue weighted by Crippen LogP contribution is 2.42. The lowest BCUT2D eigenvalue weighted by Gasteiger charge is -2.08. The number of hydrogen-bond acceptors (Lipinski definition) is 6. The lowest BCUT2D eigenvalue weighted by atomic mass is 10.0. The molecule has 2 aliphatic rings. The van der Waals surface area contributed by atoms with Crippen LogP contribution in [0, 0.1) is 11.0 Å². The van der Waals surface area contributed by atoms with Crippen LogP contribution in [0.3, 0.4) is 0 Å². The van der Waals surface area contributed by atoms with Crippen LogP contribution in [0.5, 0.6) is 0 Å². The van der Waals surface area contributed by atoms with Gasteiger partial charge in [0.2, 0.25) is 0 Å². The van der Waals surface area contributed by atoms with Crippen LogP contribution in [0.15, 0.2) is 79.3 Å². The standard InChI is InChI=1S/C33H26FN7S/c1-41-32-24-14-22(24)12-21(23-11-20(17-36-18-23)16-35-15-19-5-3-2-4-6-19)13-25(32)29(40-41)33-38-26-9-10-37-31(30(26)39-33)27-7-8-28(34)42-27/h2-13,17-18,22,35H,14-16H2,1H3,(H,38,39)/t22-/m1/s1. The van der Waals surface area contributed by atoms with Crippen LogP contribution in [-0.2, 0) is 20.1 Å². The molecule has 0 saturated heterocycles. The highest BCUT2D eigenvalue weighted by atomic mass is 32.1. The number of aryl methyl sites for hydroxylation is 1. The van der Waals surface area contributed by atoms with Gasteiger partial charge in [0.15, 0.2) is 11.0 Å². The number of aromatic amines is 1. The fourth-order valence-electron chi connectivity index (χ4n) is 5.80. The van der Waals surface area contributed by atoms with Crippen molar-refractivity contribution in [2.24, 2.45) is 13.0 Å². The van der Waals surface area contributed by atoms with Crippen molar-refractivity contribution in [2.45, 2.75) is 19.5 Å². The molecule has 0 spiro atoms. The molecule has 2 N–H and O–H groups in total. The molecule has 6 aromatic rings. The molecule has 9 heteroatoms. The van der Waals surface area contributed by atoms with Gasteiger partial charge in [-0.1, -0.05) is 36.4 Å². The van der Waals surface area contributed by atoms with Crippen molar-refractivity contribution in [3.05, 3.63) is 112 Å². The van der Waals surface area contributed by atoms with E-state index in [4.69, 9.17) is 10.1 Å². The van der Waals surface area contributed by atoms with E-state index < -0.39 is 0 Å². The smallest absolute Gasteiger partial charge is 0.177 e. The molecule has 0 aliphatic heterocycles. The lowest BCUT2D eigenvalue weighted by Crippen LogP contribution is -2.29. The van der Waals surface area contributed by atoms with Gasteiger partial charge in [-0.3, -0.25) is 14.6 Å². The van der Waals surface area contributed by atoms with E-state index in [-0.39, 0.29) is 5.13 Å². The second-order valence-electron chi connectivity index (χ2n) is 10.8. The SMILES string of the molecule is Cn1nc(-c2nc3c(-c4ccc(F)s4)nccc3[nH]2)c2c1=C1C[C@H]1C=C(c1cncc(CNCc3ccccc3)c1)C=2. The number of fused-ring (bicyclic) bond motifs is 3. The van der Waals surface area contributed by atoms with Crippen LogP contribution in [-0.4, -0.2) is 29.7 Å². The van der Waals surface area contributed by atoms with Crippen LogP contribution in [0.4, 0.5) is 4.39 Å². The third-order valence-electron chi connectivity index (χ3n) is 7.86. The number of pyridine rings is 2. The molecule has 1 saturated carbocycles. The van der Waals surface area contributed by atoms with Gasteiger partial charge in [0.25, 0.3) is 0 Å². The summed E-state index contributed by atoms with van der Waals surface area (Å²) in [4.78, 5) is 18.3. The van der Waals surface area contributed by atoms with Crippen molar-refractivity contribution in [2.75, 3.05) is 0 Å². The predicted octanol–water partition coefficient (Wildman–Crippen LogP) is 4.96. The maximum atomic E-state index is 13.8. The van der Waals surface area contributed by atoms with Crippen LogP contribution in [0.25, 0.3) is 50.3 Å². The van der Waals surface area contributed by atoms with Crippen molar-refractivity contribution in [1.29, 1.82) is 0 Å². The molecule has 0 unspecified atom stereocenters. The van der Waals surface area contributed by atoms with Crippen LogP contribution >= 0.6 is 11.3 Å².